The van der Waals surface area contributed by atoms with Crippen molar-refractivity contribution in [3.8, 4) is 22.6 Å². The summed E-state index contributed by atoms with van der Waals surface area (Å²) in [6.07, 6.45) is 4.32. The largest absolute Gasteiger partial charge is 0.494 e. The third-order valence-corrected chi connectivity index (χ3v) is 7.12. The number of ether oxygens (including phenoxy) is 2. The van der Waals surface area contributed by atoms with Crippen molar-refractivity contribution < 1.29 is 27.0 Å². The van der Waals surface area contributed by atoms with E-state index in [2.05, 4.69) is 0 Å². The molecule has 2 nitrogen and oxygen atoms in total. The first-order chi connectivity index (χ1) is 17.4. The molecule has 0 amide bonds. The highest BCUT2D eigenvalue weighted by Crippen LogP contribution is 2.40. The Hall–Kier alpha value is -3.02. The molecular weight excluding hydrogens is 468 g/mol. The zero-order chi connectivity index (χ0) is 25.7. The maximum Gasteiger partial charge on any atom is 0.200 e. The van der Waals surface area contributed by atoms with Gasteiger partial charge in [-0.15, -0.1) is 0 Å². The number of hydrogen-bond acceptors (Lipinski definition) is 2. The minimum Gasteiger partial charge on any atom is -0.494 e. The number of benzene rings is 3. The first kappa shape index (κ1) is 26.1. The summed E-state index contributed by atoms with van der Waals surface area (Å²) in [6.45, 7) is 4.42. The van der Waals surface area contributed by atoms with E-state index in [4.69, 9.17) is 9.47 Å². The van der Waals surface area contributed by atoms with Crippen molar-refractivity contribution in [2.75, 3.05) is 13.2 Å². The van der Waals surface area contributed by atoms with Crippen LogP contribution in [0, 0.1) is 29.2 Å². The standard InChI is InChI=1S/C30H32F4O2/c1-3-35-23-14-11-21(12-15-23)24-16-13-22(27(31)28(24)32)10-7-19-5-8-20(9-6-19)25-17-18-26(36-4-2)30(34)29(25)33/h11-20H,3-10H2,1-2H3. The fourth-order valence-corrected chi connectivity index (χ4v) is 5.15. The minimum atomic E-state index is -0.928. The highest BCUT2D eigenvalue weighted by atomic mass is 19.2. The van der Waals surface area contributed by atoms with E-state index < -0.39 is 23.3 Å². The molecule has 3 aromatic carbocycles. The summed E-state index contributed by atoms with van der Waals surface area (Å²) in [5.41, 5.74) is 1.58. The topological polar surface area (TPSA) is 18.5 Å². The van der Waals surface area contributed by atoms with Crippen molar-refractivity contribution in [2.24, 2.45) is 5.92 Å². The third-order valence-electron chi connectivity index (χ3n) is 7.12. The molecule has 0 radical (unpaired) electrons. The second-order valence-corrected chi connectivity index (χ2v) is 9.33. The van der Waals surface area contributed by atoms with Crippen LogP contribution in [0.2, 0.25) is 0 Å². The summed E-state index contributed by atoms with van der Waals surface area (Å²) in [5, 5.41) is 0. The second-order valence-electron chi connectivity index (χ2n) is 9.33. The Morgan fingerprint density at radius 1 is 0.694 bits per heavy atom. The van der Waals surface area contributed by atoms with E-state index in [1.807, 2.05) is 6.92 Å². The van der Waals surface area contributed by atoms with Crippen molar-refractivity contribution in [3.05, 3.63) is 82.9 Å². The molecular formula is C30H32F4O2. The van der Waals surface area contributed by atoms with Crippen LogP contribution in [-0.2, 0) is 6.42 Å². The van der Waals surface area contributed by atoms with Crippen LogP contribution < -0.4 is 9.47 Å². The van der Waals surface area contributed by atoms with Gasteiger partial charge in [0.05, 0.1) is 13.2 Å². The number of aryl methyl sites for hydroxylation is 1. The predicted molar refractivity (Wildman–Crippen MR) is 134 cm³/mol. The Morgan fingerprint density at radius 3 is 2.06 bits per heavy atom. The van der Waals surface area contributed by atoms with Gasteiger partial charge in [-0.1, -0.05) is 30.3 Å². The van der Waals surface area contributed by atoms with E-state index in [1.165, 1.54) is 6.07 Å². The molecule has 1 aliphatic carbocycles. The van der Waals surface area contributed by atoms with Gasteiger partial charge in [0.15, 0.2) is 23.2 Å². The average molecular weight is 501 g/mol. The average Bonchev–Trinajstić information content (AvgIpc) is 2.89. The van der Waals surface area contributed by atoms with Crippen LogP contribution in [0.25, 0.3) is 11.1 Å². The summed E-state index contributed by atoms with van der Waals surface area (Å²) >= 11 is 0. The van der Waals surface area contributed by atoms with E-state index >= 15 is 0 Å². The summed E-state index contributed by atoms with van der Waals surface area (Å²) < 4.78 is 69.1. The van der Waals surface area contributed by atoms with E-state index in [9.17, 15) is 17.6 Å². The van der Waals surface area contributed by atoms with Crippen molar-refractivity contribution in [2.45, 2.75) is 58.3 Å². The highest BCUT2D eigenvalue weighted by Gasteiger charge is 2.27. The summed E-state index contributed by atoms with van der Waals surface area (Å²) in [7, 11) is 0. The van der Waals surface area contributed by atoms with Crippen LogP contribution in [0.15, 0.2) is 48.5 Å². The number of halogens is 4. The molecule has 192 valence electrons. The van der Waals surface area contributed by atoms with Crippen LogP contribution in [0.4, 0.5) is 17.6 Å². The fourth-order valence-electron chi connectivity index (χ4n) is 5.15. The molecule has 3 aromatic rings. The molecule has 0 heterocycles. The fraction of sp³-hybridized carbons (Fsp3) is 0.400. The molecule has 4 rings (SSSR count). The predicted octanol–water partition coefficient (Wildman–Crippen LogP) is 8.61. The number of rotatable bonds is 9. The van der Waals surface area contributed by atoms with Gasteiger partial charge in [-0.05, 0) is 99.1 Å². The van der Waals surface area contributed by atoms with E-state index in [1.54, 1.807) is 49.4 Å². The minimum absolute atomic E-state index is 0.0472. The zero-order valence-corrected chi connectivity index (χ0v) is 20.8. The summed E-state index contributed by atoms with van der Waals surface area (Å²) in [6, 6.07) is 13.3. The third kappa shape index (κ3) is 5.69. The SMILES string of the molecule is CCOc1ccc(-c2ccc(CCC3CCC(c4ccc(OCC)c(F)c4F)CC3)c(F)c2F)cc1. The Bertz CT molecular complexity index is 1170. The molecule has 0 unspecified atom stereocenters. The molecule has 0 atom stereocenters. The molecule has 0 saturated heterocycles. The van der Waals surface area contributed by atoms with Gasteiger partial charge in [0.1, 0.15) is 5.75 Å². The molecule has 0 bridgehead atoms. The maximum atomic E-state index is 14.9. The van der Waals surface area contributed by atoms with Gasteiger partial charge in [0.25, 0.3) is 0 Å². The maximum absolute atomic E-state index is 14.9. The molecule has 36 heavy (non-hydrogen) atoms. The van der Waals surface area contributed by atoms with Gasteiger partial charge in [-0.25, -0.2) is 13.2 Å². The quantitative estimate of drug-likeness (QED) is 0.274. The lowest BCUT2D eigenvalue weighted by Crippen LogP contribution is -2.16. The first-order valence-electron chi connectivity index (χ1n) is 12.7. The van der Waals surface area contributed by atoms with Gasteiger partial charge in [0, 0.05) is 5.56 Å². The Balaban J connectivity index is 1.35. The molecule has 1 aliphatic rings. The Labute approximate surface area is 210 Å². The van der Waals surface area contributed by atoms with Crippen LogP contribution in [0.3, 0.4) is 0 Å². The molecule has 1 saturated carbocycles. The van der Waals surface area contributed by atoms with E-state index in [0.717, 1.165) is 32.1 Å². The smallest absolute Gasteiger partial charge is 0.200 e. The summed E-state index contributed by atoms with van der Waals surface area (Å²) in [5.74, 6) is -2.48. The van der Waals surface area contributed by atoms with Crippen LogP contribution in [0.1, 0.15) is 63.0 Å². The van der Waals surface area contributed by atoms with Crippen molar-refractivity contribution in [1.82, 2.24) is 0 Å². The van der Waals surface area contributed by atoms with E-state index in [-0.39, 0.29) is 23.8 Å². The van der Waals surface area contributed by atoms with Crippen LogP contribution >= 0.6 is 0 Å². The number of hydrogen-bond donors (Lipinski definition) is 0. The molecule has 1 fully saturated rings. The Kier molecular flexibility index (Phi) is 8.55. The van der Waals surface area contributed by atoms with Gasteiger partial charge in [-0.3, -0.25) is 0 Å². The van der Waals surface area contributed by atoms with Gasteiger partial charge >= 0.3 is 0 Å². The van der Waals surface area contributed by atoms with Crippen molar-refractivity contribution in [1.29, 1.82) is 0 Å². The zero-order valence-electron chi connectivity index (χ0n) is 20.8. The lowest BCUT2D eigenvalue weighted by molar-refractivity contribution is 0.296. The molecule has 6 heteroatoms. The van der Waals surface area contributed by atoms with Gasteiger partial charge < -0.3 is 9.47 Å². The lowest BCUT2D eigenvalue weighted by atomic mass is 9.76. The monoisotopic (exact) mass is 500 g/mol. The van der Waals surface area contributed by atoms with Crippen molar-refractivity contribution >= 4 is 0 Å². The Morgan fingerprint density at radius 2 is 1.39 bits per heavy atom. The molecule has 0 aliphatic heterocycles. The first-order valence-corrected chi connectivity index (χ1v) is 12.7. The normalized spacial score (nSPS) is 17.7. The summed E-state index contributed by atoms with van der Waals surface area (Å²) in [4.78, 5) is 0. The van der Waals surface area contributed by atoms with Crippen molar-refractivity contribution in [3.63, 3.8) is 0 Å². The molecule has 0 aromatic heterocycles. The van der Waals surface area contributed by atoms with E-state index in [0.29, 0.717) is 41.4 Å². The molecule has 0 N–H and O–H groups in total. The van der Waals surface area contributed by atoms with Gasteiger partial charge in [0.2, 0.25) is 5.82 Å². The molecule has 0 spiro atoms. The highest BCUT2D eigenvalue weighted by molar-refractivity contribution is 5.65. The van der Waals surface area contributed by atoms with Crippen LogP contribution in [0.5, 0.6) is 11.5 Å². The lowest BCUT2D eigenvalue weighted by Gasteiger charge is -2.29. The second kappa shape index (κ2) is 11.8. The van der Waals surface area contributed by atoms with Gasteiger partial charge in [-0.2, -0.15) is 4.39 Å². The van der Waals surface area contributed by atoms with Crippen LogP contribution in [-0.4, -0.2) is 13.2 Å².